The molecule has 0 radical (unpaired) electrons. The highest BCUT2D eigenvalue weighted by Crippen LogP contribution is 2.36. The van der Waals surface area contributed by atoms with Crippen LogP contribution in [0.4, 0.5) is 5.69 Å². The van der Waals surface area contributed by atoms with E-state index in [1.54, 1.807) is 0 Å². The first-order chi connectivity index (χ1) is 10.0. The van der Waals surface area contributed by atoms with Crippen LogP contribution in [0.5, 0.6) is 0 Å². The number of benzene rings is 1. The lowest BCUT2D eigenvalue weighted by molar-refractivity contribution is -0.117. The fraction of sp³-hybridized carbons (Fsp3) is 0.588. The Morgan fingerprint density at radius 3 is 2.73 bits per heavy atom. The molecule has 1 saturated heterocycles. The first kappa shape index (κ1) is 17.3. The van der Waals surface area contributed by atoms with Crippen LogP contribution in [0.15, 0.2) is 18.2 Å². The Morgan fingerprint density at radius 1 is 1.27 bits per heavy atom. The number of nitrogens with zero attached hydrogens (tertiary/aromatic N) is 1. The van der Waals surface area contributed by atoms with Crippen molar-refractivity contribution in [2.24, 2.45) is 17.6 Å². The van der Waals surface area contributed by atoms with Crippen molar-refractivity contribution in [3.63, 3.8) is 0 Å². The summed E-state index contributed by atoms with van der Waals surface area (Å²) < 4.78 is 0. The van der Waals surface area contributed by atoms with Gasteiger partial charge in [-0.3, -0.25) is 9.69 Å². The van der Waals surface area contributed by atoms with E-state index in [9.17, 15) is 4.79 Å². The average Bonchev–Trinajstić information content (AvgIpc) is 2.96. The molecule has 122 valence electrons. The van der Waals surface area contributed by atoms with Crippen molar-refractivity contribution in [1.29, 1.82) is 0 Å². The number of aryl methyl sites for hydroxylation is 2. The number of rotatable bonds is 3. The molecule has 3 unspecified atom stereocenters. The molecule has 2 aliphatic rings. The van der Waals surface area contributed by atoms with Gasteiger partial charge in [0.05, 0.1) is 6.54 Å². The minimum atomic E-state index is 0. The Hall–Kier alpha value is -1.10. The highest BCUT2D eigenvalue weighted by molar-refractivity contribution is 5.92. The molecule has 5 heteroatoms. The van der Waals surface area contributed by atoms with Crippen LogP contribution in [0.3, 0.4) is 0 Å². The molecule has 3 atom stereocenters. The number of amides is 1. The average molecular weight is 324 g/mol. The number of halogens is 1. The van der Waals surface area contributed by atoms with Gasteiger partial charge in [0, 0.05) is 24.8 Å². The van der Waals surface area contributed by atoms with Gasteiger partial charge in [-0.1, -0.05) is 6.07 Å². The summed E-state index contributed by atoms with van der Waals surface area (Å²) >= 11 is 0. The minimum absolute atomic E-state index is 0. The molecule has 1 aliphatic carbocycles. The Kier molecular flexibility index (Phi) is 5.48. The molecule has 1 aliphatic heterocycles. The second-order valence-electron chi connectivity index (χ2n) is 6.71. The highest BCUT2D eigenvalue weighted by Gasteiger charge is 2.41. The van der Waals surface area contributed by atoms with E-state index in [2.05, 4.69) is 24.1 Å². The third-order valence-electron chi connectivity index (χ3n) is 5.15. The number of anilines is 1. The van der Waals surface area contributed by atoms with Crippen molar-refractivity contribution in [1.82, 2.24) is 4.90 Å². The molecule has 3 rings (SSSR count). The number of nitrogens with one attached hydrogen (secondary N) is 1. The zero-order chi connectivity index (χ0) is 15.0. The van der Waals surface area contributed by atoms with Crippen LogP contribution in [-0.4, -0.2) is 36.5 Å². The Labute approximate surface area is 138 Å². The van der Waals surface area contributed by atoms with E-state index in [4.69, 9.17) is 5.73 Å². The summed E-state index contributed by atoms with van der Waals surface area (Å²) in [6.45, 7) is 6.62. The summed E-state index contributed by atoms with van der Waals surface area (Å²) in [6.07, 6.45) is 2.37. The minimum Gasteiger partial charge on any atom is -0.327 e. The number of likely N-dealkylation sites (tertiary alicyclic amines) is 1. The zero-order valence-electron chi connectivity index (χ0n) is 13.3. The summed E-state index contributed by atoms with van der Waals surface area (Å²) in [5, 5.41) is 3.00. The Balaban J connectivity index is 0.00000176. The number of carbonyl (C=O) groups is 1. The molecule has 0 bridgehead atoms. The first-order valence-electron chi connectivity index (χ1n) is 7.88. The molecule has 1 saturated carbocycles. The summed E-state index contributed by atoms with van der Waals surface area (Å²) in [5.41, 5.74) is 9.48. The van der Waals surface area contributed by atoms with Crippen molar-refractivity contribution in [3.8, 4) is 0 Å². The van der Waals surface area contributed by atoms with Gasteiger partial charge in [-0.25, -0.2) is 0 Å². The van der Waals surface area contributed by atoms with Gasteiger partial charge in [-0.15, -0.1) is 12.4 Å². The van der Waals surface area contributed by atoms with Crippen LogP contribution < -0.4 is 11.1 Å². The predicted octanol–water partition coefficient (Wildman–Crippen LogP) is 2.33. The molecule has 4 nitrogen and oxygen atoms in total. The van der Waals surface area contributed by atoms with Crippen molar-refractivity contribution in [2.75, 3.05) is 25.0 Å². The normalized spacial score (nSPS) is 27.3. The number of nitrogens with two attached hydrogens (primary N) is 1. The monoisotopic (exact) mass is 323 g/mol. The van der Waals surface area contributed by atoms with E-state index >= 15 is 0 Å². The Bertz CT molecular complexity index is 549. The molecule has 3 N–H and O–H groups in total. The van der Waals surface area contributed by atoms with E-state index in [0.29, 0.717) is 24.4 Å². The molecule has 0 spiro atoms. The smallest absolute Gasteiger partial charge is 0.238 e. The zero-order valence-corrected chi connectivity index (χ0v) is 14.2. The van der Waals surface area contributed by atoms with E-state index in [1.165, 1.54) is 17.5 Å². The van der Waals surface area contributed by atoms with Crippen LogP contribution in [0.2, 0.25) is 0 Å². The quantitative estimate of drug-likeness (QED) is 0.897. The fourth-order valence-electron chi connectivity index (χ4n) is 3.75. The molecule has 1 aromatic rings. The molecule has 2 fully saturated rings. The second-order valence-corrected chi connectivity index (χ2v) is 6.71. The largest absolute Gasteiger partial charge is 0.327 e. The molecule has 1 aromatic carbocycles. The Morgan fingerprint density at radius 2 is 2.05 bits per heavy atom. The van der Waals surface area contributed by atoms with Crippen molar-refractivity contribution < 1.29 is 4.79 Å². The third-order valence-corrected chi connectivity index (χ3v) is 5.15. The van der Waals surface area contributed by atoms with Gasteiger partial charge in [0.15, 0.2) is 0 Å². The fourth-order valence-corrected chi connectivity index (χ4v) is 3.75. The van der Waals surface area contributed by atoms with Gasteiger partial charge < -0.3 is 11.1 Å². The summed E-state index contributed by atoms with van der Waals surface area (Å²) in [5.74, 6) is 1.38. The lowest BCUT2D eigenvalue weighted by atomic mass is 9.98. The highest BCUT2D eigenvalue weighted by atomic mass is 35.5. The summed E-state index contributed by atoms with van der Waals surface area (Å²) in [4.78, 5) is 14.4. The summed E-state index contributed by atoms with van der Waals surface area (Å²) in [7, 11) is 0. The topological polar surface area (TPSA) is 58.4 Å². The van der Waals surface area contributed by atoms with Crippen LogP contribution in [0.25, 0.3) is 0 Å². The van der Waals surface area contributed by atoms with Gasteiger partial charge in [0.25, 0.3) is 0 Å². The SMILES string of the molecule is Cc1ccc(NC(=O)CN2CC3CCC(N)C3C2)cc1C.Cl. The maximum Gasteiger partial charge on any atom is 0.238 e. The lowest BCUT2D eigenvalue weighted by Crippen LogP contribution is -2.34. The van der Waals surface area contributed by atoms with Crippen LogP contribution in [0, 0.1) is 25.7 Å². The first-order valence-corrected chi connectivity index (χ1v) is 7.88. The van der Waals surface area contributed by atoms with Crippen molar-refractivity contribution in [2.45, 2.75) is 32.7 Å². The van der Waals surface area contributed by atoms with Gasteiger partial charge in [0.2, 0.25) is 5.91 Å². The van der Waals surface area contributed by atoms with Gasteiger partial charge in [-0.2, -0.15) is 0 Å². The van der Waals surface area contributed by atoms with Crippen LogP contribution in [0.1, 0.15) is 24.0 Å². The molecule has 0 aromatic heterocycles. The number of hydrogen-bond donors (Lipinski definition) is 2. The third kappa shape index (κ3) is 3.62. The van der Waals surface area contributed by atoms with E-state index < -0.39 is 0 Å². The predicted molar refractivity (Wildman–Crippen MR) is 92.4 cm³/mol. The van der Waals surface area contributed by atoms with Crippen molar-refractivity contribution in [3.05, 3.63) is 29.3 Å². The summed E-state index contributed by atoms with van der Waals surface area (Å²) in [6, 6.07) is 6.38. The molecule has 22 heavy (non-hydrogen) atoms. The van der Waals surface area contributed by atoms with E-state index in [0.717, 1.165) is 25.2 Å². The number of carbonyl (C=O) groups excluding carboxylic acids is 1. The van der Waals surface area contributed by atoms with E-state index in [1.807, 2.05) is 18.2 Å². The van der Waals surface area contributed by atoms with Crippen molar-refractivity contribution >= 4 is 24.0 Å². The van der Waals surface area contributed by atoms with Gasteiger partial charge in [-0.05, 0) is 61.8 Å². The molecular weight excluding hydrogens is 298 g/mol. The van der Waals surface area contributed by atoms with Gasteiger partial charge in [0.1, 0.15) is 0 Å². The van der Waals surface area contributed by atoms with Gasteiger partial charge >= 0.3 is 0 Å². The standard InChI is InChI=1S/C17H25N3O.ClH/c1-11-3-5-14(7-12(11)2)19-17(21)10-20-8-13-4-6-16(18)15(13)9-20;/h3,5,7,13,15-16H,4,6,8-10,18H2,1-2H3,(H,19,21);1H. The van der Waals surface area contributed by atoms with Crippen LogP contribution >= 0.6 is 12.4 Å². The maximum atomic E-state index is 12.2. The number of hydrogen-bond acceptors (Lipinski definition) is 3. The molecule has 1 heterocycles. The lowest BCUT2D eigenvalue weighted by Gasteiger charge is -2.18. The number of fused-ring (bicyclic) bond motifs is 1. The van der Waals surface area contributed by atoms with E-state index in [-0.39, 0.29) is 18.3 Å². The second kappa shape index (κ2) is 6.99. The van der Waals surface area contributed by atoms with Crippen LogP contribution in [-0.2, 0) is 4.79 Å². The molecular formula is C17H26ClN3O. The maximum absolute atomic E-state index is 12.2. The molecule has 1 amide bonds.